The summed E-state index contributed by atoms with van der Waals surface area (Å²) >= 11 is 0. The zero-order valence-electron chi connectivity index (χ0n) is 28.0. The van der Waals surface area contributed by atoms with Gasteiger partial charge in [-0.15, -0.1) is 0 Å². The Labute approximate surface area is 284 Å². The van der Waals surface area contributed by atoms with Crippen LogP contribution in [-0.4, -0.2) is 125 Å². The highest BCUT2D eigenvalue weighted by molar-refractivity contribution is 5.91. The second-order valence-corrected chi connectivity index (χ2v) is 12.1. The van der Waals surface area contributed by atoms with Gasteiger partial charge in [0.25, 0.3) is 0 Å². The zero-order chi connectivity index (χ0) is 35.7. The highest BCUT2D eigenvalue weighted by Crippen LogP contribution is 2.13. The third kappa shape index (κ3) is 23.5. The van der Waals surface area contributed by atoms with Gasteiger partial charge in [-0.3, -0.25) is 9.98 Å². The van der Waals surface area contributed by atoms with Crippen molar-refractivity contribution < 1.29 is 46.0 Å². The number of aliphatic hydroxyl groups is 9. The third-order valence-corrected chi connectivity index (χ3v) is 7.39. The molecule has 0 saturated carbocycles. The lowest BCUT2D eigenvalue weighted by Crippen LogP contribution is -2.22. The van der Waals surface area contributed by atoms with Crippen LogP contribution in [0.2, 0.25) is 0 Å². The van der Waals surface area contributed by atoms with Crippen LogP contribution in [0.4, 0.5) is 0 Å². The van der Waals surface area contributed by atoms with Crippen molar-refractivity contribution in [2.45, 2.75) is 132 Å². The first-order chi connectivity index (χ1) is 22.9. The van der Waals surface area contributed by atoms with Crippen LogP contribution < -0.4 is 5.73 Å². The van der Waals surface area contributed by atoms with Crippen molar-refractivity contribution in [1.29, 1.82) is 0 Å². The summed E-state index contributed by atoms with van der Waals surface area (Å²) in [6.07, 6.45) is 7.34. The summed E-state index contributed by atoms with van der Waals surface area (Å²) in [6.45, 7) is 2.20. The van der Waals surface area contributed by atoms with E-state index in [0.29, 0.717) is 31.5 Å². The molecule has 13 nitrogen and oxygen atoms in total. The lowest BCUT2D eigenvalue weighted by atomic mass is 10.0. The molecule has 1 aromatic heterocycles. The average Bonchev–Trinajstić information content (AvgIpc) is 3.02. The van der Waals surface area contributed by atoms with Crippen LogP contribution >= 0.6 is 0 Å². The Hall–Kier alpha value is -2.85. The molecule has 1 rings (SSSR count). The molecule has 0 aliphatic heterocycles. The van der Waals surface area contributed by atoms with E-state index in [1.807, 2.05) is 13.0 Å². The highest BCUT2D eigenvalue weighted by atomic mass is 16.3. The molecule has 272 valence electrons. The molecular formula is C35H58N4O9. The Morgan fingerprint density at radius 1 is 0.688 bits per heavy atom. The first kappa shape index (κ1) is 43.2. The summed E-state index contributed by atoms with van der Waals surface area (Å²) in [4.78, 5) is 12.3. The van der Waals surface area contributed by atoms with Crippen LogP contribution in [0.3, 0.4) is 0 Å². The lowest BCUT2D eigenvalue weighted by molar-refractivity contribution is 0.0523. The van der Waals surface area contributed by atoms with Gasteiger partial charge in [0.05, 0.1) is 66.8 Å². The molecular weight excluding hydrogens is 620 g/mol. The summed E-state index contributed by atoms with van der Waals surface area (Å²) < 4.78 is 0. The molecule has 11 N–H and O–H groups in total. The topological polar surface area (TPSA) is 246 Å². The Balaban J connectivity index is 2.22. The van der Waals surface area contributed by atoms with Crippen molar-refractivity contribution in [3.8, 4) is 0 Å². The molecule has 0 aliphatic carbocycles. The number of nitrogens with two attached hydrogens (primary N) is 1. The summed E-state index contributed by atoms with van der Waals surface area (Å²) in [5, 5.41) is 90.6. The van der Waals surface area contributed by atoms with Crippen molar-refractivity contribution in [1.82, 2.24) is 4.98 Å². The number of pyridine rings is 1. The Morgan fingerprint density at radius 3 is 1.71 bits per heavy atom. The molecule has 0 bridgehead atoms. The third-order valence-electron chi connectivity index (χ3n) is 7.39. The van der Waals surface area contributed by atoms with Crippen LogP contribution in [0.5, 0.6) is 0 Å². The second kappa shape index (κ2) is 26.1. The summed E-state index contributed by atoms with van der Waals surface area (Å²) in [5.41, 5.74) is 6.42. The van der Waals surface area contributed by atoms with E-state index in [9.17, 15) is 46.0 Å². The molecule has 0 aromatic carbocycles. The minimum absolute atomic E-state index is 0.00793. The van der Waals surface area contributed by atoms with Gasteiger partial charge in [-0.1, -0.05) is 49.4 Å². The van der Waals surface area contributed by atoms with E-state index in [1.165, 1.54) is 24.4 Å². The Bertz CT molecular complexity index is 1100. The number of aromatic nitrogens is 1. The van der Waals surface area contributed by atoms with Crippen LogP contribution in [0.15, 0.2) is 70.8 Å². The molecule has 0 fully saturated rings. The van der Waals surface area contributed by atoms with Crippen molar-refractivity contribution >= 4 is 12.2 Å². The standard InChI is InChI=1S/C35H58N4O9/c1-2-26(40)19-27(41)10-5-14-31(45)22-34(48)23-32(46)15-7-13-29(43)20-28(42)11-6-12-30(44)21-33(47)16-8-18-38-35(36)39-24-25-9-3-4-17-37-25/h3-7,9-11,15,17,24,26-34,40-48H,2,8,12-14,16,18-23H2,1H3,(H2,36,38). The molecule has 0 aliphatic rings. The SMILES string of the molecule is CCC(O)CC(O)C=CCC(O)CC(O)CC(O)C=CCC(O)CC(O)C=CCC(O)CC(O)CCCN=C(N)N=Cc1ccccn1. The second-order valence-electron chi connectivity index (χ2n) is 12.1. The Kier molecular flexibility index (Phi) is 23.5. The summed E-state index contributed by atoms with van der Waals surface area (Å²) in [6, 6.07) is 5.42. The molecule has 1 aromatic rings. The number of aliphatic hydroxyl groups excluding tert-OH is 9. The maximum absolute atomic E-state index is 10.2. The molecule has 9 unspecified atom stereocenters. The monoisotopic (exact) mass is 678 g/mol. The van der Waals surface area contributed by atoms with Crippen LogP contribution in [0.25, 0.3) is 0 Å². The average molecular weight is 679 g/mol. The van der Waals surface area contributed by atoms with Gasteiger partial charge in [-0.2, -0.15) is 0 Å². The van der Waals surface area contributed by atoms with Gasteiger partial charge in [-0.05, 0) is 63.5 Å². The number of hydrogen-bond donors (Lipinski definition) is 10. The number of aliphatic imine (C=N–C) groups is 2. The molecule has 13 heteroatoms. The van der Waals surface area contributed by atoms with Crippen molar-refractivity contribution in [2.24, 2.45) is 15.7 Å². The summed E-state index contributed by atoms with van der Waals surface area (Å²) in [5.74, 6) is 0.116. The fourth-order valence-corrected chi connectivity index (χ4v) is 4.69. The van der Waals surface area contributed by atoms with E-state index in [4.69, 9.17) is 5.73 Å². The van der Waals surface area contributed by atoms with Gasteiger partial charge in [0.2, 0.25) is 5.96 Å². The van der Waals surface area contributed by atoms with Crippen molar-refractivity contribution in [2.75, 3.05) is 6.54 Å². The van der Waals surface area contributed by atoms with E-state index < -0.39 is 54.9 Å². The largest absolute Gasteiger partial charge is 0.393 e. The van der Waals surface area contributed by atoms with E-state index in [-0.39, 0.29) is 57.3 Å². The number of rotatable bonds is 25. The smallest absolute Gasteiger partial charge is 0.215 e. The normalized spacial score (nSPS) is 18.8. The molecule has 0 spiro atoms. The van der Waals surface area contributed by atoms with E-state index in [0.717, 1.165) is 0 Å². The maximum Gasteiger partial charge on any atom is 0.215 e. The van der Waals surface area contributed by atoms with Gasteiger partial charge < -0.3 is 51.7 Å². The van der Waals surface area contributed by atoms with Crippen molar-refractivity contribution in [3.05, 3.63) is 66.5 Å². The van der Waals surface area contributed by atoms with E-state index in [2.05, 4.69) is 15.0 Å². The van der Waals surface area contributed by atoms with Gasteiger partial charge in [0, 0.05) is 32.0 Å². The minimum Gasteiger partial charge on any atom is -0.393 e. The van der Waals surface area contributed by atoms with E-state index >= 15 is 0 Å². The predicted molar refractivity (Wildman–Crippen MR) is 186 cm³/mol. The summed E-state index contributed by atoms with van der Waals surface area (Å²) in [7, 11) is 0. The lowest BCUT2D eigenvalue weighted by Gasteiger charge is -2.17. The predicted octanol–water partition coefficient (Wildman–Crippen LogP) is 1.04. The van der Waals surface area contributed by atoms with Crippen LogP contribution in [0.1, 0.15) is 83.2 Å². The molecule has 9 atom stereocenters. The minimum atomic E-state index is -0.989. The van der Waals surface area contributed by atoms with Gasteiger partial charge >= 0.3 is 0 Å². The highest BCUT2D eigenvalue weighted by Gasteiger charge is 2.16. The molecule has 1 heterocycles. The Morgan fingerprint density at radius 2 is 1.19 bits per heavy atom. The first-order valence-electron chi connectivity index (χ1n) is 16.7. The van der Waals surface area contributed by atoms with Gasteiger partial charge in [-0.25, -0.2) is 4.99 Å². The fourth-order valence-electron chi connectivity index (χ4n) is 4.69. The first-order valence-corrected chi connectivity index (χ1v) is 16.7. The molecule has 0 radical (unpaired) electrons. The van der Waals surface area contributed by atoms with E-state index in [1.54, 1.807) is 36.6 Å². The maximum atomic E-state index is 10.2. The van der Waals surface area contributed by atoms with Gasteiger partial charge in [0.1, 0.15) is 0 Å². The number of hydrogen-bond acceptors (Lipinski definition) is 11. The van der Waals surface area contributed by atoms with Crippen LogP contribution in [-0.2, 0) is 0 Å². The van der Waals surface area contributed by atoms with Crippen molar-refractivity contribution in [3.63, 3.8) is 0 Å². The fraction of sp³-hybridized carbons (Fsp3) is 0.629. The molecule has 0 saturated heterocycles. The quantitative estimate of drug-likeness (QED) is 0.0303. The zero-order valence-corrected chi connectivity index (χ0v) is 28.0. The van der Waals surface area contributed by atoms with Crippen LogP contribution in [0, 0.1) is 0 Å². The number of guanidine groups is 1. The molecule has 0 amide bonds. The number of nitrogens with zero attached hydrogens (tertiary/aromatic N) is 3. The molecule has 48 heavy (non-hydrogen) atoms. The van der Waals surface area contributed by atoms with Gasteiger partial charge in [0.15, 0.2) is 0 Å².